The molecular weight excluding hydrogens is 312 g/mol. The van der Waals surface area contributed by atoms with Crippen molar-refractivity contribution in [2.75, 3.05) is 23.4 Å². The number of hydrogen-bond donors (Lipinski definition) is 1. The van der Waals surface area contributed by atoms with Crippen LogP contribution in [0.2, 0.25) is 0 Å². The fourth-order valence-electron chi connectivity index (χ4n) is 2.68. The first-order valence-corrected chi connectivity index (χ1v) is 8.49. The molecule has 23 heavy (non-hydrogen) atoms. The first-order chi connectivity index (χ1) is 11.2. The van der Waals surface area contributed by atoms with Gasteiger partial charge in [-0.3, -0.25) is 10.1 Å². The van der Waals surface area contributed by atoms with Crippen LogP contribution in [-0.2, 0) is 11.2 Å². The second kappa shape index (κ2) is 6.83. The van der Waals surface area contributed by atoms with Gasteiger partial charge < -0.3 is 9.64 Å². The third-order valence-corrected chi connectivity index (χ3v) is 4.56. The molecule has 0 saturated carbocycles. The van der Waals surface area contributed by atoms with Gasteiger partial charge in [0.15, 0.2) is 0 Å². The average molecular weight is 330 g/mol. The van der Waals surface area contributed by atoms with Crippen LogP contribution in [0, 0.1) is 0 Å². The summed E-state index contributed by atoms with van der Waals surface area (Å²) in [6.07, 6.45) is 1.39. The molecule has 1 aromatic carbocycles. The lowest BCUT2D eigenvalue weighted by Crippen LogP contribution is -2.35. The zero-order valence-electron chi connectivity index (χ0n) is 12.9. The fraction of sp³-hybridized carbons (Fsp3) is 0.294. The molecule has 5 nitrogen and oxygen atoms in total. The van der Waals surface area contributed by atoms with E-state index in [1.165, 1.54) is 11.3 Å². The number of carbonyl (C=O) groups excluding carboxylic acids is 2. The molecule has 1 aliphatic rings. The summed E-state index contributed by atoms with van der Waals surface area (Å²) in [4.78, 5) is 26.8. The Labute approximate surface area is 138 Å². The summed E-state index contributed by atoms with van der Waals surface area (Å²) >= 11 is 1.44. The minimum absolute atomic E-state index is 0.00855. The molecular formula is C17H18N2O3S. The third-order valence-electron chi connectivity index (χ3n) is 3.70. The summed E-state index contributed by atoms with van der Waals surface area (Å²) < 4.78 is 4.89. The largest absolute Gasteiger partial charge is 0.450 e. The van der Waals surface area contributed by atoms with Crippen LogP contribution in [0.5, 0.6) is 0 Å². The second-order valence-corrected chi connectivity index (χ2v) is 6.17. The fourth-order valence-corrected chi connectivity index (χ4v) is 3.35. The van der Waals surface area contributed by atoms with Gasteiger partial charge in [-0.15, -0.1) is 11.3 Å². The highest BCUT2D eigenvalue weighted by Gasteiger charge is 2.24. The van der Waals surface area contributed by atoms with E-state index in [9.17, 15) is 9.59 Å². The van der Waals surface area contributed by atoms with Gasteiger partial charge in [0, 0.05) is 17.9 Å². The summed E-state index contributed by atoms with van der Waals surface area (Å²) in [5.74, 6) is 0.00855. The van der Waals surface area contributed by atoms with Crippen molar-refractivity contribution in [3.63, 3.8) is 0 Å². The SMILES string of the molecule is CCOC(=O)Nc1ccc2c(c1)N(C(=O)c1cccs1)CCC2. The topological polar surface area (TPSA) is 58.6 Å². The van der Waals surface area contributed by atoms with Gasteiger partial charge in [-0.2, -0.15) is 0 Å². The van der Waals surface area contributed by atoms with Crippen molar-refractivity contribution in [1.29, 1.82) is 0 Å². The smallest absolute Gasteiger partial charge is 0.411 e. The molecule has 0 fully saturated rings. The van der Waals surface area contributed by atoms with Gasteiger partial charge in [-0.05, 0) is 48.9 Å². The minimum atomic E-state index is -0.487. The van der Waals surface area contributed by atoms with Gasteiger partial charge in [0.25, 0.3) is 5.91 Å². The monoisotopic (exact) mass is 330 g/mol. The van der Waals surface area contributed by atoms with Gasteiger partial charge in [-0.25, -0.2) is 4.79 Å². The number of benzene rings is 1. The first-order valence-electron chi connectivity index (χ1n) is 7.61. The number of fused-ring (bicyclic) bond motifs is 1. The molecule has 1 N–H and O–H groups in total. The van der Waals surface area contributed by atoms with Gasteiger partial charge >= 0.3 is 6.09 Å². The normalized spacial score (nSPS) is 13.3. The van der Waals surface area contributed by atoms with Crippen molar-refractivity contribution < 1.29 is 14.3 Å². The van der Waals surface area contributed by atoms with E-state index in [0.717, 1.165) is 29.0 Å². The molecule has 0 aliphatic carbocycles. The Bertz CT molecular complexity index is 713. The molecule has 6 heteroatoms. The van der Waals surface area contributed by atoms with Crippen molar-refractivity contribution in [1.82, 2.24) is 0 Å². The molecule has 2 aromatic rings. The Morgan fingerprint density at radius 2 is 2.22 bits per heavy atom. The number of carbonyl (C=O) groups is 2. The van der Waals surface area contributed by atoms with Crippen LogP contribution in [0.3, 0.4) is 0 Å². The summed E-state index contributed by atoms with van der Waals surface area (Å²) in [6.45, 7) is 2.76. The summed E-state index contributed by atoms with van der Waals surface area (Å²) in [6, 6.07) is 9.36. The van der Waals surface area contributed by atoms with Gasteiger partial charge in [0.1, 0.15) is 0 Å². The summed E-state index contributed by atoms with van der Waals surface area (Å²) in [5.41, 5.74) is 2.62. The van der Waals surface area contributed by atoms with E-state index in [1.807, 2.05) is 35.7 Å². The molecule has 2 heterocycles. The van der Waals surface area contributed by atoms with Crippen molar-refractivity contribution in [2.24, 2.45) is 0 Å². The maximum atomic E-state index is 12.7. The lowest BCUT2D eigenvalue weighted by molar-refractivity contribution is 0.0989. The number of ether oxygens (including phenoxy) is 1. The highest BCUT2D eigenvalue weighted by molar-refractivity contribution is 7.12. The molecule has 3 rings (SSSR count). The zero-order valence-corrected chi connectivity index (χ0v) is 13.7. The van der Waals surface area contributed by atoms with E-state index in [-0.39, 0.29) is 5.91 Å². The number of hydrogen-bond acceptors (Lipinski definition) is 4. The van der Waals surface area contributed by atoms with E-state index in [0.29, 0.717) is 18.8 Å². The Morgan fingerprint density at radius 1 is 1.35 bits per heavy atom. The van der Waals surface area contributed by atoms with Gasteiger partial charge in [0.2, 0.25) is 0 Å². The Balaban J connectivity index is 1.87. The van der Waals surface area contributed by atoms with Crippen LogP contribution in [0.1, 0.15) is 28.6 Å². The molecule has 0 saturated heterocycles. The van der Waals surface area contributed by atoms with Crippen LogP contribution in [0.25, 0.3) is 0 Å². The van der Waals surface area contributed by atoms with E-state index in [4.69, 9.17) is 4.74 Å². The van der Waals surface area contributed by atoms with Crippen LogP contribution in [-0.4, -0.2) is 25.2 Å². The molecule has 0 spiro atoms. The number of nitrogens with one attached hydrogen (secondary N) is 1. The number of amides is 2. The van der Waals surface area contributed by atoms with Crippen LogP contribution < -0.4 is 10.2 Å². The van der Waals surface area contributed by atoms with Crippen molar-refractivity contribution in [3.8, 4) is 0 Å². The third kappa shape index (κ3) is 3.37. The standard InChI is InChI=1S/C17H18N2O3S/c1-2-22-17(21)18-13-8-7-12-5-3-9-19(14(12)11-13)16(20)15-6-4-10-23-15/h4,6-8,10-11H,2-3,5,9H2,1H3,(H,18,21). The van der Waals surface area contributed by atoms with Crippen molar-refractivity contribution in [3.05, 3.63) is 46.2 Å². The molecule has 0 radical (unpaired) electrons. The van der Waals surface area contributed by atoms with Crippen molar-refractivity contribution >= 4 is 34.7 Å². The predicted molar refractivity (Wildman–Crippen MR) is 91.4 cm³/mol. The zero-order chi connectivity index (χ0) is 16.2. The van der Waals surface area contributed by atoms with Crippen molar-refractivity contribution in [2.45, 2.75) is 19.8 Å². The maximum Gasteiger partial charge on any atom is 0.411 e. The molecule has 0 atom stereocenters. The molecule has 0 unspecified atom stereocenters. The van der Waals surface area contributed by atoms with Crippen LogP contribution in [0.15, 0.2) is 35.7 Å². The van der Waals surface area contributed by atoms with Crippen LogP contribution >= 0.6 is 11.3 Å². The molecule has 0 bridgehead atoms. The minimum Gasteiger partial charge on any atom is -0.450 e. The average Bonchev–Trinajstić information content (AvgIpc) is 3.08. The summed E-state index contributed by atoms with van der Waals surface area (Å²) in [5, 5.41) is 4.59. The van der Waals surface area contributed by atoms with Gasteiger partial charge in [0.05, 0.1) is 11.5 Å². The van der Waals surface area contributed by atoms with Gasteiger partial charge in [-0.1, -0.05) is 12.1 Å². The predicted octanol–water partition coefficient (Wildman–Crippen LogP) is 3.91. The number of thiophene rings is 1. The molecule has 2 amide bonds. The number of anilines is 2. The molecule has 120 valence electrons. The number of aryl methyl sites for hydroxylation is 1. The maximum absolute atomic E-state index is 12.7. The van der Waals surface area contributed by atoms with E-state index < -0.39 is 6.09 Å². The van der Waals surface area contributed by atoms with E-state index in [1.54, 1.807) is 11.8 Å². The second-order valence-electron chi connectivity index (χ2n) is 5.23. The molecule has 1 aliphatic heterocycles. The highest BCUT2D eigenvalue weighted by atomic mass is 32.1. The lowest BCUT2D eigenvalue weighted by Gasteiger charge is -2.29. The first kappa shape index (κ1) is 15.6. The Kier molecular flexibility index (Phi) is 4.62. The number of rotatable bonds is 3. The van der Waals surface area contributed by atoms with E-state index >= 15 is 0 Å². The van der Waals surface area contributed by atoms with Crippen LogP contribution in [0.4, 0.5) is 16.2 Å². The van der Waals surface area contributed by atoms with E-state index in [2.05, 4.69) is 5.32 Å². The highest BCUT2D eigenvalue weighted by Crippen LogP contribution is 2.31. The Hall–Kier alpha value is -2.34. The molecule has 1 aromatic heterocycles. The quantitative estimate of drug-likeness (QED) is 0.928. The Morgan fingerprint density at radius 3 is 2.96 bits per heavy atom. The summed E-state index contributed by atoms with van der Waals surface area (Å²) in [7, 11) is 0. The lowest BCUT2D eigenvalue weighted by atomic mass is 10.0. The number of nitrogens with zero attached hydrogens (tertiary/aromatic N) is 1.